The summed E-state index contributed by atoms with van der Waals surface area (Å²) in [5.41, 5.74) is 1.42. The van der Waals surface area contributed by atoms with Gasteiger partial charge in [0, 0.05) is 16.5 Å². The van der Waals surface area contributed by atoms with Crippen LogP contribution in [0, 0.1) is 17.8 Å². The van der Waals surface area contributed by atoms with Crippen LogP contribution in [-0.2, 0) is 6.54 Å². The molecule has 0 spiro atoms. The molecule has 0 unspecified atom stereocenters. The van der Waals surface area contributed by atoms with Crippen molar-refractivity contribution < 1.29 is 9.80 Å². The molecule has 2 N–H and O–H groups in total. The molecule has 1 heterocycles. The molecule has 2 nitrogen and oxygen atoms in total. The number of halogens is 1. The van der Waals surface area contributed by atoms with Gasteiger partial charge >= 0.3 is 0 Å². The first kappa shape index (κ1) is 14.7. The minimum Gasteiger partial charge on any atom is -0.325 e. The Bertz CT molecular complexity index is 531. The molecule has 0 aromatic heterocycles. The summed E-state index contributed by atoms with van der Waals surface area (Å²) in [6, 6.07) is 8.38. The number of piperazine rings is 1. The van der Waals surface area contributed by atoms with Gasteiger partial charge in [-0.05, 0) is 36.8 Å². The maximum absolute atomic E-state index is 5.97. The molecule has 1 saturated heterocycles. The predicted octanol–water partition coefficient (Wildman–Crippen LogP) is 0.836. The third-order valence-electron chi connectivity index (χ3n) is 6.00. The largest absolute Gasteiger partial charge is 0.325 e. The molecule has 1 aliphatic heterocycles. The second-order valence-corrected chi connectivity index (χ2v) is 7.98. The number of fused-ring (bicyclic) bond motifs is 2. The quantitative estimate of drug-likeness (QED) is 0.761. The molecule has 1 aromatic rings. The normalized spacial score (nSPS) is 36.9. The van der Waals surface area contributed by atoms with Gasteiger partial charge in [0.25, 0.3) is 0 Å². The van der Waals surface area contributed by atoms with Gasteiger partial charge in [0.05, 0.1) is 6.54 Å². The molecule has 4 rings (SSSR count). The number of rotatable bonds is 4. The molecule has 2 fully saturated rings. The van der Waals surface area contributed by atoms with Gasteiger partial charge in [-0.25, -0.2) is 0 Å². The van der Waals surface area contributed by atoms with Crippen LogP contribution in [0.15, 0.2) is 36.4 Å². The Kier molecular flexibility index (Phi) is 4.25. The summed E-state index contributed by atoms with van der Waals surface area (Å²) in [4.78, 5) is 3.59. The average Bonchev–Trinajstić information content (AvgIpc) is 3.14. The zero-order valence-electron chi connectivity index (χ0n) is 13.2. The van der Waals surface area contributed by atoms with Crippen molar-refractivity contribution in [3.05, 3.63) is 47.0 Å². The summed E-state index contributed by atoms with van der Waals surface area (Å²) in [5, 5.41) is 0.841. The Morgan fingerprint density at radius 1 is 0.909 bits per heavy atom. The van der Waals surface area contributed by atoms with E-state index in [4.69, 9.17) is 11.6 Å². The highest BCUT2D eigenvalue weighted by molar-refractivity contribution is 6.30. The lowest BCUT2D eigenvalue weighted by atomic mass is 9.93. The SMILES string of the molecule is Clc1ccc(C[NH+]2CC[NH+](C[C@H]3C[C@@H]4C=C[C@H]3C4)CC2)cc1. The number of nitrogens with one attached hydrogen (secondary N) is 2. The summed E-state index contributed by atoms with van der Waals surface area (Å²) in [6.45, 7) is 7.89. The van der Waals surface area contributed by atoms with Gasteiger partial charge in [-0.1, -0.05) is 35.9 Å². The maximum atomic E-state index is 5.97. The van der Waals surface area contributed by atoms with E-state index < -0.39 is 0 Å². The van der Waals surface area contributed by atoms with E-state index in [-0.39, 0.29) is 0 Å². The minimum atomic E-state index is 0.841. The van der Waals surface area contributed by atoms with Crippen molar-refractivity contribution in [3.8, 4) is 0 Å². The third-order valence-corrected chi connectivity index (χ3v) is 6.25. The first-order valence-corrected chi connectivity index (χ1v) is 9.24. The molecule has 3 atom stereocenters. The lowest BCUT2D eigenvalue weighted by Crippen LogP contribution is -3.27. The predicted molar refractivity (Wildman–Crippen MR) is 90.3 cm³/mol. The van der Waals surface area contributed by atoms with E-state index in [9.17, 15) is 0 Å². The molecule has 1 aromatic carbocycles. The zero-order valence-corrected chi connectivity index (χ0v) is 14.0. The molecule has 0 amide bonds. The lowest BCUT2D eigenvalue weighted by Gasteiger charge is -2.32. The van der Waals surface area contributed by atoms with Crippen molar-refractivity contribution in [2.45, 2.75) is 19.4 Å². The van der Waals surface area contributed by atoms with E-state index >= 15 is 0 Å². The van der Waals surface area contributed by atoms with Crippen molar-refractivity contribution >= 4 is 11.6 Å². The second kappa shape index (κ2) is 6.35. The summed E-state index contributed by atoms with van der Waals surface area (Å²) < 4.78 is 0. The minimum absolute atomic E-state index is 0.841. The van der Waals surface area contributed by atoms with Crippen LogP contribution in [0.2, 0.25) is 5.02 Å². The number of allylic oxidation sites excluding steroid dienone is 2. The smallest absolute Gasteiger partial charge is 0.127 e. The Morgan fingerprint density at radius 3 is 2.27 bits per heavy atom. The maximum Gasteiger partial charge on any atom is 0.127 e. The molecular formula is C19H27ClN2+2. The van der Waals surface area contributed by atoms with Crippen LogP contribution >= 0.6 is 11.6 Å². The van der Waals surface area contributed by atoms with Gasteiger partial charge in [0.15, 0.2) is 0 Å². The summed E-state index contributed by atoms with van der Waals surface area (Å²) in [6.07, 6.45) is 7.88. The Hall–Kier alpha value is -0.830. The molecule has 1 saturated carbocycles. The van der Waals surface area contributed by atoms with E-state index in [0.717, 1.165) is 29.3 Å². The molecule has 0 radical (unpaired) electrons. The Balaban J connectivity index is 1.24. The number of hydrogen-bond acceptors (Lipinski definition) is 0. The Labute approximate surface area is 138 Å². The Morgan fingerprint density at radius 2 is 1.64 bits per heavy atom. The van der Waals surface area contributed by atoms with Gasteiger partial charge in [-0.15, -0.1) is 0 Å². The summed E-state index contributed by atoms with van der Waals surface area (Å²) in [5.74, 6) is 2.81. The molecule has 2 aliphatic carbocycles. The molecular weight excluding hydrogens is 292 g/mol. The van der Waals surface area contributed by atoms with Crippen LogP contribution in [0.5, 0.6) is 0 Å². The standard InChI is InChI=1S/C19H25ClN2/c20-19-5-2-15(3-6-19)13-21-7-9-22(10-8-21)14-18-12-16-1-4-17(18)11-16/h1-6,16-18H,7-14H2/p+2/t16-,17+,18-/m1/s1. The first-order valence-electron chi connectivity index (χ1n) is 8.86. The van der Waals surface area contributed by atoms with Gasteiger partial charge in [0.2, 0.25) is 0 Å². The molecule has 2 bridgehead atoms. The fourth-order valence-electron chi connectivity index (χ4n) is 4.73. The molecule has 22 heavy (non-hydrogen) atoms. The summed E-state index contributed by atoms with van der Waals surface area (Å²) in [7, 11) is 0. The van der Waals surface area contributed by atoms with Crippen LogP contribution in [0.25, 0.3) is 0 Å². The van der Waals surface area contributed by atoms with Gasteiger partial charge in [-0.2, -0.15) is 0 Å². The lowest BCUT2D eigenvalue weighted by molar-refractivity contribution is -1.02. The van der Waals surface area contributed by atoms with Crippen LogP contribution < -0.4 is 9.80 Å². The molecule has 3 heteroatoms. The number of benzene rings is 1. The van der Waals surface area contributed by atoms with E-state index in [1.807, 2.05) is 17.0 Å². The number of quaternary nitrogens is 2. The zero-order chi connectivity index (χ0) is 14.9. The highest BCUT2D eigenvalue weighted by Crippen LogP contribution is 2.42. The highest BCUT2D eigenvalue weighted by atomic mass is 35.5. The number of hydrogen-bond donors (Lipinski definition) is 2. The topological polar surface area (TPSA) is 8.88 Å². The fraction of sp³-hybridized carbons (Fsp3) is 0.579. The van der Waals surface area contributed by atoms with Gasteiger partial charge in [-0.3, -0.25) is 0 Å². The van der Waals surface area contributed by atoms with Crippen LogP contribution in [0.4, 0.5) is 0 Å². The first-order chi connectivity index (χ1) is 10.8. The van der Waals surface area contributed by atoms with E-state index in [1.165, 1.54) is 51.1 Å². The van der Waals surface area contributed by atoms with E-state index in [0.29, 0.717) is 0 Å². The van der Waals surface area contributed by atoms with Crippen molar-refractivity contribution in [1.82, 2.24) is 0 Å². The van der Waals surface area contributed by atoms with Crippen LogP contribution in [0.3, 0.4) is 0 Å². The molecule has 3 aliphatic rings. The van der Waals surface area contributed by atoms with Crippen molar-refractivity contribution in [2.75, 3.05) is 32.7 Å². The van der Waals surface area contributed by atoms with Gasteiger partial charge in [0.1, 0.15) is 32.7 Å². The second-order valence-electron chi connectivity index (χ2n) is 7.55. The monoisotopic (exact) mass is 318 g/mol. The van der Waals surface area contributed by atoms with Gasteiger partial charge < -0.3 is 9.80 Å². The van der Waals surface area contributed by atoms with E-state index in [1.54, 1.807) is 4.90 Å². The highest BCUT2D eigenvalue weighted by Gasteiger charge is 2.38. The van der Waals surface area contributed by atoms with Crippen LogP contribution in [0.1, 0.15) is 18.4 Å². The van der Waals surface area contributed by atoms with Crippen molar-refractivity contribution in [1.29, 1.82) is 0 Å². The average molecular weight is 319 g/mol. The van der Waals surface area contributed by atoms with Crippen LogP contribution in [-0.4, -0.2) is 32.7 Å². The van der Waals surface area contributed by atoms with Crippen molar-refractivity contribution in [2.24, 2.45) is 17.8 Å². The molecule has 118 valence electrons. The third kappa shape index (κ3) is 3.24. The fourth-order valence-corrected chi connectivity index (χ4v) is 4.86. The van der Waals surface area contributed by atoms with E-state index in [2.05, 4.69) is 24.3 Å². The summed E-state index contributed by atoms with van der Waals surface area (Å²) >= 11 is 5.97. The van der Waals surface area contributed by atoms with Crippen molar-refractivity contribution in [3.63, 3.8) is 0 Å².